The van der Waals surface area contributed by atoms with Crippen molar-refractivity contribution < 1.29 is 4.74 Å². The van der Waals surface area contributed by atoms with Crippen LogP contribution in [0.15, 0.2) is 30.6 Å². The Labute approximate surface area is 99.7 Å². The Hall–Kier alpha value is -1.81. The van der Waals surface area contributed by atoms with Gasteiger partial charge in [0, 0.05) is 17.6 Å². The highest BCUT2D eigenvalue weighted by Crippen LogP contribution is 2.27. The number of ether oxygens (including phenoxy) is 1. The molecule has 4 heteroatoms. The van der Waals surface area contributed by atoms with Crippen molar-refractivity contribution in [3.05, 3.63) is 36.2 Å². The fourth-order valence-corrected chi connectivity index (χ4v) is 2.23. The van der Waals surface area contributed by atoms with Gasteiger partial charge >= 0.3 is 0 Å². The van der Waals surface area contributed by atoms with Crippen LogP contribution in [0.2, 0.25) is 0 Å². The van der Waals surface area contributed by atoms with E-state index in [0.717, 1.165) is 18.5 Å². The first kappa shape index (κ1) is 10.4. The summed E-state index contributed by atoms with van der Waals surface area (Å²) in [6.45, 7) is 1.02. The maximum absolute atomic E-state index is 5.17. The third-order valence-corrected chi connectivity index (χ3v) is 3.12. The largest absolute Gasteiger partial charge is 0.481 e. The molecule has 2 aromatic heterocycles. The van der Waals surface area contributed by atoms with Crippen molar-refractivity contribution in [2.45, 2.75) is 12.5 Å². The van der Waals surface area contributed by atoms with E-state index >= 15 is 0 Å². The molecule has 2 N–H and O–H groups in total. The number of hydrogen-bond acceptors (Lipinski definition) is 3. The summed E-state index contributed by atoms with van der Waals surface area (Å²) in [5, 5.41) is 4.65. The number of fused-ring (bicyclic) bond motifs is 1. The number of nitrogens with one attached hydrogen (secondary N) is 2. The third-order valence-electron chi connectivity index (χ3n) is 3.12. The van der Waals surface area contributed by atoms with Gasteiger partial charge in [-0.3, -0.25) is 0 Å². The van der Waals surface area contributed by atoms with E-state index in [1.807, 2.05) is 18.5 Å². The Bertz CT molecular complexity index is 559. The van der Waals surface area contributed by atoms with Crippen LogP contribution in [0.3, 0.4) is 0 Å². The van der Waals surface area contributed by atoms with E-state index in [1.54, 1.807) is 7.11 Å². The number of methoxy groups -OCH3 is 1. The molecule has 0 saturated carbocycles. The second-order valence-electron chi connectivity index (χ2n) is 4.16. The molecule has 3 heterocycles. The molecule has 1 atom stereocenters. The fourth-order valence-electron chi connectivity index (χ4n) is 2.23. The number of aromatic nitrogens is 2. The van der Waals surface area contributed by atoms with Crippen molar-refractivity contribution in [2.24, 2.45) is 0 Å². The minimum Gasteiger partial charge on any atom is -0.481 e. The molecule has 0 aliphatic carbocycles. The highest BCUT2D eigenvalue weighted by atomic mass is 16.5. The molecule has 0 aromatic carbocycles. The van der Waals surface area contributed by atoms with Crippen LogP contribution in [0.4, 0.5) is 0 Å². The smallest absolute Gasteiger partial charge is 0.213 e. The Morgan fingerprint density at radius 1 is 1.47 bits per heavy atom. The van der Waals surface area contributed by atoms with E-state index in [-0.39, 0.29) is 6.04 Å². The average molecular weight is 229 g/mol. The highest BCUT2D eigenvalue weighted by Gasteiger charge is 2.15. The van der Waals surface area contributed by atoms with E-state index in [4.69, 9.17) is 4.74 Å². The molecule has 0 saturated heterocycles. The standard InChI is InChI=1S/C13H15N3O/c1-17-13-6-9-10(7-15-12(9)8-16-13)11-4-2-3-5-14-11/h2,4,6-8,11,14-15H,3,5H2,1H3. The quantitative estimate of drug-likeness (QED) is 0.776. The lowest BCUT2D eigenvalue weighted by Crippen LogP contribution is -2.23. The van der Waals surface area contributed by atoms with Gasteiger partial charge in [0.25, 0.3) is 0 Å². The highest BCUT2D eigenvalue weighted by molar-refractivity contribution is 5.84. The minimum absolute atomic E-state index is 0.282. The molecule has 0 amide bonds. The van der Waals surface area contributed by atoms with Crippen molar-refractivity contribution in [1.82, 2.24) is 15.3 Å². The van der Waals surface area contributed by atoms with Gasteiger partial charge in [0.2, 0.25) is 5.88 Å². The predicted octanol–water partition coefficient (Wildman–Crippen LogP) is 2.16. The first-order valence-electron chi connectivity index (χ1n) is 5.79. The second kappa shape index (κ2) is 4.22. The van der Waals surface area contributed by atoms with Crippen LogP contribution < -0.4 is 10.1 Å². The normalized spacial score (nSPS) is 19.7. The molecule has 2 aromatic rings. The summed E-state index contributed by atoms with van der Waals surface area (Å²) in [5.74, 6) is 0.651. The molecule has 3 rings (SSSR count). The van der Waals surface area contributed by atoms with Gasteiger partial charge < -0.3 is 15.0 Å². The van der Waals surface area contributed by atoms with Gasteiger partial charge in [-0.05, 0) is 18.5 Å². The second-order valence-corrected chi connectivity index (χ2v) is 4.16. The minimum atomic E-state index is 0.282. The summed E-state index contributed by atoms with van der Waals surface area (Å²) in [4.78, 5) is 7.44. The predicted molar refractivity (Wildman–Crippen MR) is 67.1 cm³/mol. The molecule has 0 spiro atoms. The summed E-state index contributed by atoms with van der Waals surface area (Å²) in [5.41, 5.74) is 2.29. The summed E-state index contributed by atoms with van der Waals surface area (Å²) < 4.78 is 5.17. The van der Waals surface area contributed by atoms with Crippen LogP contribution in [0.25, 0.3) is 10.9 Å². The molecule has 1 unspecified atom stereocenters. The van der Waals surface area contributed by atoms with E-state index in [9.17, 15) is 0 Å². The Kier molecular flexibility index (Phi) is 2.57. The van der Waals surface area contributed by atoms with Crippen LogP contribution in [0.5, 0.6) is 5.88 Å². The van der Waals surface area contributed by atoms with Crippen LogP contribution >= 0.6 is 0 Å². The SMILES string of the molecule is COc1cc2c(C3C=CCCN3)c[nH]c2cn1. The molecule has 0 fully saturated rings. The van der Waals surface area contributed by atoms with Gasteiger partial charge in [-0.2, -0.15) is 0 Å². The zero-order valence-corrected chi connectivity index (χ0v) is 9.73. The van der Waals surface area contributed by atoms with Gasteiger partial charge in [0.15, 0.2) is 0 Å². The Morgan fingerprint density at radius 2 is 2.41 bits per heavy atom. The lowest BCUT2D eigenvalue weighted by atomic mass is 10.0. The lowest BCUT2D eigenvalue weighted by molar-refractivity contribution is 0.398. The summed E-state index contributed by atoms with van der Waals surface area (Å²) >= 11 is 0. The number of aromatic amines is 1. The summed E-state index contributed by atoms with van der Waals surface area (Å²) in [6.07, 6.45) is 9.38. The van der Waals surface area contributed by atoms with Gasteiger partial charge in [-0.25, -0.2) is 4.98 Å². The molecule has 88 valence electrons. The van der Waals surface area contributed by atoms with Gasteiger partial charge in [-0.15, -0.1) is 0 Å². The monoisotopic (exact) mass is 229 g/mol. The lowest BCUT2D eigenvalue weighted by Gasteiger charge is -2.17. The fraction of sp³-hybridized carbons (Fsp3) is 0.308. The average Bonchev–Trinajstić information content (AvgIpc) is 2.82. The Morgan fingerprint density at radius 3 is 3.18 bits per heavy atom. The van der Waals surface area contributed by atoms with E-state index in [1.165, 1.54) is 10.9 Å². The van der Waals surface area contributed by atoms with E-state index in [0.29, 0.717) is 5.88 Å². The van der Waals surface area contributed by atoms with Crippen molar-refractivity contribution in [3.8, 4) is 5.88 Å². The number of hydrogen-bond donors (Lipinski definition) is 2. The van der Waals surface area contributed by atoms with Crippen LogP contribution in [-0.2, 0) is 0 Å². The van der Waals surface area contributed by atoms with Gasteiger partial charge in [-0.1, -0.05) is 12.2 Å². The number of nitrogens with zero attached hydrogens (tertiary/aromatic N) is 1. The van der Waals surface area contributed by atoms with Crippen LogP contribution in [0.1, 0.15) is 18.0 Å². The zero-order valence-electron chi connectivity index (χ0n) is 9.73. The van der Waals surface area contributed by atoms with Crippen molar-refractivity contribution in [3.63, 3.8) is 0 Å². The zero-order chi connectivity index (χ0) is 11.7. The molecule has 1 aliphatic rings. The molecule has 0 bridgehead atoms. The maximum Gasteiger partial charge on any atom is 0.213 e. The molecule has 4 nitrogen and oxygen atoms in total. The van der Waals surface area contributed by atoms with Crippen molar-refractivity contribution in [2.75, 3.05) is 13.7 Å². The number of H-pyrrole nitrogens is 1. The molecular formula is C13H15N3O. The van der Waals surface area contributed by atoms with Gasteiger partial charge in [0.05, 0.1) is 24.9 Å². The van der Waals surface area contributed by atoms with Crippen molar-refractivity contribution in [1.29, 1.82) is 0 Å². The summed E-state index contributed by atoms with van der Waals surface area (Å²) in [6, 6.07) is 2.26. The van der Waals surface area contributed by atoms with Gasteiger partial charge in [0.1, 0.15) is 0 Å². The molecule has 17 heavy (non-hydrogen) atoms. The molecule has 0 radical (unpaired) electrons. The maximum atomic E-state index is 5.17. The summed E-state index contributed by atoms with van der Waals surface area (Å²) in [7, 11) is 1.64. The first-order valence-corrected chi connectivity index (χ1v) is 5.79. The van der Waals surface area contributed by atoms with Crippen LogP contribution in [0, 0.1) is 0 Å². The first-order chi connectivity index (χ1) is 8.38. The van der Waals surface area contributed by atoms with E-state index in [2.05, 4.69) is 27.4 Å². The Balaban J connectivity index is 2.09. The number of pyridine rings is 1. The van der Waals surface area contributed by atoms with Crippen molar-refractivity contribution >= 4 is 10.9 Å². The molecule has 1 aliphatic heterocycles. The molecular weight excluding hydrogens is 214 g/mol. The topological polar surface area (TPSA) is 49.9 Å². The van der Waals surface area contributed by atoms with E-state index < -0.39 is 0 Å². The number of rotatable bonds is 2. The third kappa shape index (κ3) is 1.80. The van der Waals surface area contributed by atoms with Crippen LogP contribution in [-0.4, -0.2) is 23.6 Å².